The van der Waals surface area contributed by atoms with Gasteiger partial charge in [0.15, 0.2) is 0 Å². The fraction of sp³-hybridized carbons (Fsp3) is 1.00. The lowest BCUT2D eigenvalue weighted by molar-refractivity contribution is 0.0612. The predicted molar refractivity (Wildman–Crippen MR) is 96.2 cm³/mol. The molecule has 1 aliphatic carbocycles. The van der Waals surface area contributed by atoms with Gasteiger partial charge in [-0.2, -0.15) is 11.8 Å². The zero-order valence-corrected chi connectivity index (χ0v) is 15.6. The summed E-state index contributed by atoms with van der Waals surface area (Å²) in [5.74, 6) is 2.22. The van der Waals surface area contributed by atoms with E-state index in [9.17, 15) is 0 Å². The molecule has 2 aliphatic rings. The summed E-state index contributed by atoms with van der Waals surface area (Å²) in [5, 5.41) is 4.55. The molecule has 0 radical (unpaired) electrons. The maximum atomic E-state index is 3.76. The minimum Gasteiger partial charge on any atom is -0.314 e. The summed E-state index contributed by atoms with van der Waals surface area (Å²) < 4.78 is 0. The molecular weight excluding hydrogens is 276 g/mol. The lowest BCUT2D eigenvalue weighted by Crippen LogP contribution is -2.53. The van der Waals surface area contributed by atoms with Gasteiger partial charge < -0.3 is 5.32 Å². The van der Waals surface area contributed by atoms with Crippen molar-refractivity contribution in [3.8, 4) is 0 Å². The molecule has 0 aromatic carbocycles. The van der Waals surface area contributed by atoms with Crippen LogP contribution < -0.4 is 5.32 Å². The Balaban J connectivity index is 2.04. The molecular formula is C18H36N2S. The molecule has 124 valence electrons. The van der Waals surface area contributed by atoms with Crippen molar-refractivity contribution in [1.29, 1.82) is 0 Å². The van der Waals surface area contributed by atoms with Gasteiger partial charge in [-0.15, -0.1) is 0 Å². The molecule has 1 saturated carbocycles. The number of hydrogen-bond acceptors (Lipinski definition) is 3. The van der Waals surface area contributed by atoms with Gasteiger partial charge in [-0.1, -0.05) is 40.5 Å². The molecule has 0 amide bonds. The fourth-order valence-corrected chi connectivity index (χ4v) is 5.36. The minimum atomic E-state index is 0.512. The summed E-state index contributed by atoms with van der Waals surface area (Å²) in [6.45, 7) is 15.7. The number of rotatable bonds is 5. The Labute approximate surface area is 136 Å². The molecule has 1 N–H and O–H groups in total. The van der Waals surface area contributed by atoms with Crippen molar-refractivity contribution < 1.29 is 0 Å². The maximum Gasteiger partial charge on any atom is 0.0184 e. The average Bonchev–Trinajstić information content (AvgIpc) is 2.42. The second-order valence-electron chi connectivity index (χ2n) is 8.02. The summed E-state index contributed by atoms with van der Waals surface area (Å²) in [4.78, 5) is 2.79. The molecule has 1 saturated heterocycles. The Morgan fingerprint density at radius 3 is 2.71 bits per heavy atom. The largest absolute Gasteiger partial charge is 0.314 e. The maximum absolute atomic E-state index is 3.76. The molecule has 0 aromatic heterocycles. The number of hydrogen-bond donors (Lipinski definition) is 1. The van der Waals surface area contributed by atoms with E-state index in [1.807, 2.05) is 0 Å². The molecule has 0 bridgehead atoms. The highest BCUT2D eigenvalue weighted by molar-refractivity contribution is 8.00. The predicted octanol–water partition coefficient (Wildman–Crippen LogP) is 4.01. The molecule has 4 unspecified atom stereocenters. The van der Waals surface area contributed by atoms with Gasteiger partial charge in [0.1, 0.15) is 0 Å². The second-order valence-corrected chi connectivity index (χ2v) is 9.51. The van der Waals surface area contributed by atoms with E-state index in [-0.39, 0.29) is 0 Å². The normalized spacial score (nSPS) is 38.9. The molecule has 2 nitrogen and oxygen atoms in total. The average molecular weight is 313 g/mol. The smallest absolute Gasteiger partial charge is 0.0184 e. The van der Waals surface area contributed by atoms with E-state index in [1.165, 1.54) is 51.1 Å². The van der Waals surface area contributed by atoms with Crippen molar-refractivity contribution in [1.82, 2.24) is 10.2 Å². The number of nitrogens with zero attached hydrogens (tertiary/aromatic N) is 1. The van der Waals surface area contributed by atoms with E-state index >= 15 is 0 Å². The second kappa shape index (κ2) is 7.70. The molecule has 2 rings (SSSR count). The highest BCUT2D eigenvalue weighted by Crippen LogP contribution is 2.41. The van der Waals surface area contributed by atoms with Crippen molar-refractivity contribution in [3.05, 3.63) is 0 Å². The van der Waals surface area contributed by atoms with Crippen LogP contribution in [-0.2, 0) is 0 Å². The van der Waals surface area contributed by atoms with Crippen LogP contribution in [-0.4, -0.2) is 47.6 Å². The fourth-order valence-electron chi connectivity index (χ4n) is 4.20. The van der Waals surface area contributed by atoms with Crippen molar-refractivity contribution in [2.24, 2.45) is 11.3 Å². The van der Waals surface area contributed by atoms with Gasteiger partial charge in [0, 0.05) is 42.7 Å². The van der Waals surface area contributed by atoms with Crippen LogP contribution >= 0.6 is 11.8 Å². The first kappa shape index (κ1) is 17.6. The quantitative estimate of drug-likeness (QED) is 0.826. The Morgan fingerprint density at radius 1 is 1.29 bits per heavy atom. The molecule has 1 aliphatic heterocycles. The van der Waals surface area contributed by atoms with Crippen molar-refractivity contribution in [3.63, 3.8) is 0 Å². The Bertz CT molecular complexity index is 320. The summed E-state index contributed by atoms with van der Waals surface area (Å²) in [5.41, 5.74) is 0.512. The summed E-state index contributed by atoms with van der Waals surface area (Å²) in [7, 11) is 0. The van der Waals surface area contributed by atoms with Crippen LogP contribution in [0.25, 0.3) is 0 Å². The van der Waals surface area contributed by atoms with Crippen LogP contribution in [0.4, 0.5) is 0 Å². The standard InChI is InChI=1S/C18H36N2S/c1-14(2)19-12-18(8-6-7-15(3)11-18)13-20-9-10-21-17(5)16(20)4/h14-17,19H,6-13H2,1-5H3. The van der Waals surface area contributed by atoms with Gasteiger partial charge in [0.2, 0.25) is 0 Å². The van der Waals surface area contributed by atoms with Crippen LogP contribution in [0.2, 0.25) is 0 Å². The highest BCUT2D eigenvalue weighted by Gasteiger charge is 2.38. The first-order chi connectivity index (χ1) is 9.92. The van der Waals surface area contributed by atoms with E-state index < -0.39 is 0 Å². The van der Waals surface area contributed by atoms with Gasteiger partial charge in [0.05, 0.1) is 0 Å². The van der Waals surface area contributed by atoms with E-state index in [4.69, 9.17) is 0 Å². The van der Waals surface area contributed by atoms with Gasteiger partial charge >= 0.3 is 0 Å². The zero-order valence-electron chi connectivity index (χ0n) is 14.8. The molecule has 0 spiro atoms. The molecule has 1 heterocycles. The highest BCUT2D eigenvalue weighted by atomic mass is 32.2. The lowest BCUT2D eigenvalue weighted by atomic mass is 9.69. The zero-order chi connectivity index (χ0) is 15.5. The topological polar surface area (TPSA) is 15.3 Å². The Morgan fingerprint density at radius 2 is 2.05 bits per heavy atom. The minimum absolute atomic E-state index is 0.512. The molecule has 0 aromatic rings. The summed E-state index contributed by atoms with van der Waals surface area (Å²) >= 11 is 2.15. The van der Waals surface area contributed by atoms with Crippen LogP contribution in [0.3, 0.4) is 0 Å². The summed E-state index contributed by atoms with van der Waals surface area (Å²) in [6.07, 6.45) is 5.69. The third-order valence-corrected chi connectivity index (χ3v) is 6.96. The van der Waals surface area contributed by atoms with Crippen molar-refractivity contribution in [2.75, 3.05) is 25.4 Å². The van der Waals surface area contributed by atoms with E-state index in [1.54, 1.807) is 0 Å². The molecule has 4 atom stereocenters. The van der Waals surface area contributed by atoms with E-state index in [0.29, 0.717) is 11.5 Å². The van der Waals surface area contributed by atoms with Crippen LogP contribution in [0.1, 0.15) is 60.3 Å². The van der Waals surface area contributed by atoms with Crippen LogP contribution in [0, 0.1) is 11.3 Å². The number of nitrogens with one attached hydrogen (secondary N) is 1. The van der Waals surface area contributed by atoms with Gasteiger partial charge in [-0.05, 0) is 31.1 Å². The molecule has 21 heavy (non-hydrogen) atoms. The molecule has 2 fully saturated rings. The first-order valence-corrected chi connectivity index (χ1v) is 10.1. The lowest BCUT2D eigenvalue weighted by Gasteiger charge is -2.47. The van der Waals surface area contributed by atoms with Crippen LogP contribution in [0.5, 0.6) is 0 Å². The third kappa shape index (κ3) is 4.87. The van der Waals surface area contributed by atoms with E-state index in [2.05, 4.69) is 56.6 Å². The van der Waals surface area contributed by atoms with Crippen molar-refractivity contribution >= 4 is 11.8 Å². The first-order valence-electron chi connectivity index (χ1n) is 9.01. The third-order valence-electron chi connectivity index (χ3n) is 5.62. The monoisotopic (exact) mass is 312 g/mol. The van der Waals surface area contributed by atoms with E-state index in [0.717, 1.165) is 17.2 Å². The SMILES string of the molecule is CC1CCCC(CNC(C)C)(CN2CCSC(C)C2C)C1. The van der Waals surface area contributed by atoms with Gasteiger partial charge in [-0.25, -0.2) is 0 Å². The summed E-state index contributed by atoms with van der Waals surface area (Å²) in [6, 6.07) is 1.34. The Hall–Kier alpha value is 0.270. The Kier molecular flexibility index (Phi) is 6.46. The van der Waals surface area contributed by atoms with Gasteiger partial charge in [-0.3, -0.25) is 4.90 Å². The van der Waals surface area contributed by atoms with Gasteiger partial charge in [0.25, 0.3) is 0 Å². The van der Waals surface area contributed by atoms with Crippen LogP contribution in [0.15, 0.2) is 0 Å². The van der Waals surface area contributed by atoms with Crippen molar-refractivity contribution in [2.45, 2.75) is 77.6 Å². The number of thioether (sulfide) groups is 1. The molecule has 3 heteroatoms.